The van der Waals surface area contributed by atoms with E-state index in [4.69, 9.17) is 4.99 Å². The Morgan fingerprint density at radius 3 is 2.45 bits per heavy atom. The number of amides is 1. The van der Waals surface area contributed by atoms with Crippen molar-refractivity contribution in [3.05, 3.63) is 57.8 Å². The Morgan fingerprint density at radius 2 is 1.81 bits per heavy atom. The van der Waals surface area contributed by atoms with Gasteiger partial charge < -0.3 is 15.5 Å². The monoisotopic (exact) mass is 555 g/mol. The fourth-order valence-electron chi connectivity index (χ4n) is 3.37. The molecule has 1 fully saturated rings. The summed E-state index contributed by atoms with van der Waals surface area (Å²) in [6.45, 7) is 5.04. The summed E-state index contributed by atoms with van der Waals surface area (Å²) >= 11 is 1.75. The predicted octanol–water partition coefficient (Wildman–Crippen LogP) is 3.33. The molecule has 2 N–H and O–H groups in total. The second kappa shape index (κ2) is 13.7. The highest BCUT2D eigenvalue weighted by molar-refractivity contribution is 14.0. The molecule has 0 bridgehead atoms. The van der Waals surface area contributed by atoms with E-state index >= 15 is 0 Å². The number of thiophene rings is 1. The van der Waals surface area contributed by atoms with Gasteiger partial charge in [-0.15, -0.1) is 35.3 Å². The molecular formula is C23H34IN5OS. The number of carbonyl (C=O) groups is 1. The second-order valence-electron chi connectivity index (χ2n) is 7.86. The average Bonchev–Trinajstić information content (AvgIpc) is 3.44. The Morgan fingerprint density at radius 1 is 1.10 bits per heavy atom. The van der Waals surface area contributed by atoms with Crippen molar-refractivity contribution in [3.63, 3.8) is 0 Å². The zero-order valence-electron chi connectivity index (χ0n) is 18.5. The molecule has 1 aliphatic rings. The fourth-order valence-corrected chi connectivity index (χ4v) is 4.08. The first-order valence-electron chi connectivity index (χ1n) is 10.6. The van der Waals surface area contributed by atoms with Gasteiger partial charge in [-0.05, 0) is 54.9 Å². The molecule has 31 heavy (non-hydrogen) atoms. The van der Waals surface area contributed by atoms with Crippen molar-refractivity contribution < 1.29 is 4.79 Å². The predicted molar refractivity (Wildman–Crippen MR) is 140 cm³/mol. The largest absolute Gasteiger partial charge is 0.356 e. The van der Waals surface area contributed by atoms with Gasteiger partial charge in [0.15, 0.2) is 5.96 Å². The molecule has 3 rings (SSSR count). The first-order chi connectivity index (χ1) is 14.6. The third-order valence-corrected chi connectivity index (χ3v) is 6.13. The van der Waals surface area contributed by atoms with E-state index in [1.54, 1.807) is 30.3 Å². The van der Waals surface area contributed by atoms with Crippen LogP contribution < -0.4 is 10.6 Å². The fraction of sp³-hybridized carbons (Fsp3) is 0.478. The molecule has 6 nitrogen and oxygen atoms in total. The summed E-state index contributed by atoms with van der Waals surface area (Å²) in [5.41, 5.74) is 2.52. The van der Waals surface area contributed by atoms with Gasteiger partial charge in [0.2, 0.25) is 5.91 Å². The smallest absolute Gasteiger partial charge is 0.241 e. The summed E-state index contributed by atoms with van der Waals surface area (Å²) in [5.74, 6) is 0.692. The molecule has 0 atom stereocenters. The molecule has 1 aromatic heterocycles. The summed E-state index contributed by atoms with van der Waals surface area (Å²) in [6.07, 6.45) is 3.57. The Hall–Kier alpha value is -1.65. The van der Waals surface area contributed by atoms with Crippen LogP contribution in [-0.2, 0) is 24.3 Å². The SMILES string of the molecule is CN(C)C(=O)CNC(=NCc1ccc(CN2CCCC2)cc1)NCCc1cccs1.I. The van der Waals surface area contributed by atoms with Crippen molar-refractivity contribution in [1.29, 1.82) is 0 Å². The first-order valence-corrected chi connectivity index (χ1v) is 11.5. The molecule has 1 aromatic carbocycles. The maximum absolute atomic E-state index is 11.9. The number of benzene rings is 1. The summed E-state index contributed by atoms with van der Waals surface area (Å²) in [4.78, 5) is 22.1. The molecule has 2 aromatic rings. The van der Waals surface area contributed by atoms with Crippen molar-refractivity contribution in [1.82, 2.24) is 20.4 Å². The lowest BCUT2D eigenvalue weighted by molar-refractivity contribution is -0.127. The molecular weight excluding hydrogens is 521 g/mol. The van der Waals surface area contributed by atoms with E-state index in [1.165, 1.54) is 41.9 Å². The maximum atomic E-state index is 11.9. The van der Waals surface area contributed by atoms with Gasteiger partial charge in [0.1, 0.15) is 0 Å². The van der Waals surface area contributed by atoms with Crippen LogP contribution in [0.25, 0.3) is 0 Å². The molecule has 2 heterocycles. The third-order valence-electron chi connectivity index (χ3n) is 5.20. The summed E-state index contributed by atoms with van der Waals surface area (Å²) < 4.78 is 0. The molecule has 0 radical (unpaired) electrons. The number of halogens is 1. The molecule has 1 saturated heterocycles. The van der Waals surface area contributed by atoms with Gasteiger partial charge in [-0.25, -0.2) is 4.99 Å². The minimum Gasteiger partial charge on any atom is -0.356 e. The zero-order valence-corrected chi connectivity index (χ0v) is 21.6. The van der Waals surface area contributed by atoms with Gasteiger partial charge in [-0.3, -0.25) is 9.69 Å². The molecule has 8 heteroatoms. The topological polar surface area (TPSA) is 60.0 Å². The van der Waals surface area contributed by atoms with Gasteiger partial charge in [0.05, 0.1) is 13.1 Å². The van der Waals surface area contributed by atoms with Crippen LogP contribution in [0.2, 0.25) is 0 Å². The molecule has 170 valence electrons. The summed E-state index contributed by atoms with van der Waals surface area (Å²) in [5, 5.41) is 8.59. The zero-order chi connectivity index (χ0) is 21.2. The number of likely N-dealkylation sites (tertiary alicyclic amines) is 1. The van der Waals surface area contributed by atoms with Crippen LogP contribution in [0, 0.1) is 0 Å². The van der Waals surface area contributed by atoms with E-state index in [0.29, 0.717) is 12.5 Å². The van der Waals surface area contributed by atoms with E-state index in [-0.39, 0.29) is 36.4 Å². The maximum Gasteiger partial charge on any atom is 0.241 e. The van der Waals surface area contributed by atoms with Gasteiger partial charge in [-0.1, -0.05) is 30.3 Å². The average molecular weight is 556 g/mol. The minimum atomic E-state index is 0. The Bertz CT molecular complexity index is 802. The van der Waals surface area contributed by atoms with E-state index in [2.05, 4.69) is 57.3 Å². The molecule has 0 saturated carbocycles. The Kier molecular flexibility index (Phi) is 11.3. The highest BCUT2D eigenvalue weighted by atomic mass is 127. The lowest BCUT2D eigenvalue weighted by atomic mass is 10.1. The van der Waals surface area contributed by atoms with Gasteiger partial charge >= 0.3 is 0 Å². The van der Waals surface area contributed by atoms with Gasteiger partial charge in [0.25, 0.3) is 0 Å². The van der Waals surface area contributed by atoms with Gasteiger partial charge in [0, 0.05) is 32.1 Å². The normalized spacial score (nSPS) is 14.2. The Labute approximate surface area is 207 Å². The van der Waals surface area contributed by atoms with Crippen LogP contribution in [-0.4, -0.2) is 61.9 Å². The van der Waals surface area contributed by atoms with Crippen LogP contribution in [0.5, 0.6) is 0 Å². The minimum absolute atomic E-state index is 0. The molecule has 0 aliphatic carbocycles. The van der Waals surface area contributed by atoms with Crippen LogP contribution >= 0.6 is 35.3 Å². The molecule has 1 amide bonds. The number of hydrogen-bond donors (Lipinski definition) is 2. The van der Waals surface area contributed by atoms with Crippen molar-refractivity contribution in [3.8, 4) is 0 Å². The first kappa shape index (κ1) is 25.6. The number of carbonyl (C=O) groups excluding carboxylic acids is 1. The van der Waals surface area contributed by atoms with Crippen molar-refractivity contribution >= 4 is 47.2 Å². The number of nitrogens with zero attached hydrogens (tertiary/aromatic N) is 3. The highest BCUT2D eigenvalue weighted by Gasteiger charge is 2.11. The lowest BCUT2D eigenvalue weighted by Crippen LogP contribution is -2.43. The van der Waals surface area contributed by atoms with E-state index in [1.807, 2.05) is 0 Å². The van der Waals surface area contributed by atoms with Gasteiger partial charge in [-0.2, -0.15) is 0 Å². The van der Waals surface area contributed by atoms with Crippen LogP contribution in [0.4, 0.5) is 0 Å². The molecule has 0 spiro atoms. The number of hydrogen-bond acceptors (Lipinski definition) is 4. The number of guanidine groups is 1. The van der Waals surface area contributed by atoms with Crippen LogP contribution in [0.1, 0.15) is 28.8 Å². The summed E-state index contributed by atoms with van der Waals surface area (Å²) in [7, 11) is 3.52. The quantitative estimate of drug-likeness (QED) is 0.283. The molecule has 0 unspecified atom stereocenters. The number of likely N-dealkylation sites (N-methyl/N-ethyl adjacent to an activating group) is 1. The standard InChI is InChI=1S/C23H33N5OS.HI/c1-27(2)22(29)17-26-23(24-12-11-21-6-5-15-30-21)25-16-19-7-9-20(10-8-19)18-28-13-3-4-14-28;/h5-10,15H,3-4,11-14,16-18H2,1-2H3,(H2,24,25,26);1H. The number of nitrogens with one attached hydrogen (secondary N) is 2. The highest BCUT2D eigenvalue weighted by Crippen LogP contribution is 2.13. The van der Waals surface area contributed by atoms with Crippen LogP contribution in [0.15, 0.2) is 46.8 Å². The van der Waals surface area contributed by atoms with Crippen molar-refractivity contribution in [2.24, 2.45) is 4.99 Å². The summed E-state index contributed by atoms with van der Waals surface area (Å²) in [6, 6.07) is 12.9. The molecule has 1 aliphatic heterocycles. The second-order valence-corrected chi connectivity index (χ2v) is 8.89. The van der Waals surface area contributed by atoms with E-state index < -0.39 is 0 Å². The number of rotatable bonds is 9. The van der Waals surface area contributed by atoms with Crippen molar-refractivity contribution in [2.45, 2.75) is 32.4 Å². The number of aliphatic imine (C=N–C) groups is 1. The van der Waals surface area contributed by atoms with E-state index in [0.717, 1.165) is 19.5 Å². The third kappa shape index (κ3) is 9.16. The van der Waals surface area contributed by atoms with Crippen molar-refractivity contribution in [2.75, 3.05) is 40.3 Å². The van der Waals surface area contributed by atoms with E-state index in [9.17, 15) is 4.79 Å². The van der Waals surface area contributed by atoms with Crippen LogP contribution in [0.3, 0.4) is 0 Å². The Balaban J connectivity index is 0.00000341. The lowest BCUT2D eigenvalue weighted by Gasteiger charge is -2.15.